The van der Waals surface area contributed by atoms with Crippen LogP contribution in [0.1, 0.15) is 12.5 Å². The molecule has 0 saturated heterocycles. The van der Waals surface area contributed by atoms with Crippen LogP contribution in [0, 0.1) is 5.82 Å². The lowest BCUT2D eigenvalue weighted by Gasteiger charge is -2.11. The number of hydrogen-bond donors (Lipinski definition) is 3. The maximum Gasteiger partial charge on any atom is 0.233 e. The van der Waals surface area contributed by atoms with Gasteiger partial charge in [-0.15, -0.1) is 0 Å². The number of fused-ring (bicyclic) bond motifs is 2. The van der Waals surface area contributed by atoms with E-state index >= 15 is 0 Å². The number of H-pyrrole nitrogens is 2. The summed E-state index contributed by atoms with van der Waals surface area (Å²) < 4.78 is 13.4. The van der Waals surface area contributed by atoms with Crippen molar-refractivity contribution in [2.24, 2.45) is 0 Å². The summed E-state index contributed by atoms with van der Waals surface area (Å²) in [6, 6.07) is 4.64. The molecule has 0 saturated carbocycles. The van der Waals surface area contributed by atoms with Crippen molar-refractivity contribution in [2.75, 3.05) is 6.54 Å². The Balaban J connectivity index is 1.36. The van der Waals surface area contributed by atoms with E-state index in [9.17, 15) is 9.18 Å². The molecule has 0 unspecified atom stereocenters. The van der Waals surface area contributed by atoms with Gasteiger partial charge in [0, 0.05) is 23.6 Å². The maximum absolute atomic E-state index is 13.4. The van der Waals surface area contributed by atoms with Crippen molar-refractivity contribution < 1.29 is 9.18 Å². The molecular weight excluding hydrogens is 367 g/mol. The van der Waals surface area contributed by atoms with Gasteiger partial charge in [-0.1, -0.05) is 11.8 Å². The molecule has 4 rings (SSSR count). The predicted molar refractivity (Wildman–Crippen MR) is 102 cm³/mol. The number of amides is 1. The minimum Gasteiger partial charge on any atom is -0.361 e. The van der Waals surface area contributed by atoms with Gasteiger partial charge in [0.1, 0.15) is 22.7 Å². The first kappa shape index (κ1) is 17.5. The Hall–Kier alpha value is -2.94. The summed E-state index contributed by atoms with van der Waals surface area (Å²) >= 11 is 1.35. The normalized spacial score (nSPS) is 12.5. The van der Waals surface area contributed by atoms with Gasteiger partial charge < -0.3 is 15.3 Å². The highest BCUT2D eigenvalue weighted by molar-refractivity contribution is 8.00. The van der Waals surface area contributed by atoms with Gasteiger partial charge in [0.05, 0.1) is 11.6 Å². The first-order valence-electron chi connectivity index (χ1n) is 8.46. The first-order valence-corrected chi connectivity index (χ1v) is 9.34. The molecule has 0 fully saturated rings. The summed E-state index contributed by atoms with van der Waals surface area (Å²) in [5.41, 5.74) is 3.16. The van der Waals surface area contributed by atoms with Crippen molar-refractivity contribution in [1.82, 2.24) is 30.2 Å². The Morgan fingerprint density at radius 1 is 1.30 bits per heavy atom. The lowest BCUT2D eigenvalue weighted by molar-refractivity contribution is -0.120. The van der Waals surface area contributed by atoms with E-state index in [1.165, 1.54) is 30.2 Å². The topological polar surface area (TPSA) is 99.3 Å². The van der Waals surface area contributed by atoms with Gasteiger partial charge >= 0.3 is 0 Å². The Labute approximate surface area is 158 Å². The molecule has 0 spiro atoms. The van der Waals surface area contributed by atoms with Gasteiger partial charge in [-0.2, -0.15) is 0 Å². The summed E-state index contributed by atoms with van der Waals surface area (Å²) in [5.74, 6) is -0.357. The van der Waals surface area contributed by atoms with Crippen LogP contribution in [0.25, 0.3) is 22.1 Å². The van der Waals surface area contributed by atoms with E-state index in [0.717, 1.165) is 22.0 Å². The van der Waals surface area contributed by atoms with E-state index in [1.807, 2.05) is 13.1 Å². The highest BCUT2D eigenvalue weighted by atomic mass is 32.2. The van der Waals surface area contributed by atoms with E-state index < -0.39 is 0 Å². The number of halogens is 1. The number of imidazole rings is 1. The number of carbonyl (C=O) groups excluding carboxylic acids is 1. The number of nitrogens with zero attached hydrogens (tertiary/aromatic N) is 3. The third kappa shape index (κ3) is 3.63. The summed E-state index contributed by atoms with van der Waals surface area (Å²) in [7, 11) is 0. The molecule has 1 aromatic carbocycles. The fraction of sp³-hybridized carbons (Fsp3) is 0.222. The molecule has 0 aliphatic rings. The zero-order valence-corrected chi connectivity index (χ0v) is 15.3. The molecule has 0 aliphatic carbocycles. The third-order valence-corrected chi connectivity index (χ3v) is 5.37. The van der Waals surface area contributed by atoms with Crippen LogP contribution >= 0.6 is 11.8 Å². The zero-order valence-electron chi connectivity index (χ0n) is 14.5. The van der Waals surface area contributed by atoms with Crippen molar-refractivity contribution in [3.05, 3.63) is 48.4 Å². The molecular formula is C18H17FN6OS. The maximum atomic E-state index is 13.4. The molecule has 0 aliphatic heterocycles. The van der Waals surface area contributed by atoms with Crippen LogP contribution in [0.3, 0.4) is 0 Å². The van der Waals surface area contributed by atoms with Gasteiger partial charge in [0.15, 0.2) is 5.65 Å². The summed E-state index contributed by atoms with van der Waals surface area (Å²) in [5, 5.41) is 4.13. The lowest BCUT2D eigenvalue weighted by atomic mass is 10.1. The Morgan fingerprint density at radius 3 is 3.07 bits per heavy atom. The number of aromatic amines is 2. The highest BCUT2D eigenvalue weighted by Gasteiger charge is 2.17. The van der Waals surface area contributed by atoms with Crippen LogP contribution in [0.15, 0.2) is 42.1 Å². The van der Waals surface area contributed by atoms with Gasteiger partial charge in [0.25, 0.3) is 0 Å². The van der Waals surface area contributed by atoms with Crippen molar-refractivity contribution in [2.45, 2.75) is 23.6 Å². The van der Waals surface area contributed by atoms with Crippen molar-refractivity contribution >= 4 is 39.7 Å². The number of nitrogens with one attached hydrogen (secondary N) is 3. The number of benzene rings is 1. The van der Waals surface area contributed by atoms with Gasteiger partial charge in [0.2, 0.25) is 5.91 Å². The zero-order chi connectivity index (χ0) is 18.8. The van der Waals surface area contributed by atoms with Crippen LogP contribution in [0.5, 0.6) is 0 Å². The standard InChI is InChI=1S/C18H17FN6OS/c1-10(27-18-15-16(23-8-22-15)24-9-25-18)17(26)20-5-4-11-7-21-14-3-2-12(19)6-13(11)14/h2-3,6-10,21H,4-5H2,1H3,(H,20,26)(H,22,23,24,25)/t10-/m1/s1. The van der Waals surface area contributed by atoms with Crippen LogP contribution in [0.2, 0.25) is 0 Å². The SMILES string of the molecule is C[C@@H](Sc1ncnc2nc[nH]c12)C(=O)NCCc1c[nH]c2ccc(F)cc12. The molecule has 3 N–H and O–H groups in total. The van der Waals surface area contributed by atoms with E-state index in [4.69, 9.17) is 0 Å². The largest absolute Gasteiger partial charge is 0.361 e. The molecule has 3 heterocycles. The minimum absolute atomic E-state index is 0.0858. The quantitative estimate of drug-likeness (QED) is 0.351. The average Bonchev–Trinajstić information content (AvgIpc) is 3.29. The van der Waals surface area contributed by atoms with Crippen molar-refractivity contribution in [1.29, 1.82) is 0 Å². The summed E-state index contributed by atoms with van der Waals surface area (Å²) in [6.45, 7) is 2.29. The molecule has 1 amide bonds. The summed E-state index contributed by atoms with van der Waals surface area (Å²) in [6.07, 6.45) is 5.46. The van der Waals surface area contributed by atoms with Crippen LogP contribution in [-0.2, 0) is 11.2 Å². The molecule has 27 heavy (non-hydrogen) atoms. The van der Waals surface area contributed by atoms with Crippen LogP contribution in [-0.4, -0.2) is 42.6 Å². The van der Waals surface area contributed by atoms with E-state index in [1.54, 1.807) is 12.4 Å². The van der Waals surface area contributed by atoms with Gasteiger partial charge in [-0.3, -0.25) is 4.79 Å². The molecule has 9 heteroatoms. The van der Waals surface area contributed by atoms with Crippen LogP contribution < -0.4 is 5.32 Å². The number of rotatable bonds is 6. The number of aromatic nitrogens is 5. The molecule has 7 nitrogen and oxygen atoms in total. The monoisotopic (exact) mass is 384 g/mol. The Bertz CT molecular complexity index is 1110. The predicted octanol–water partition coefficient (Wildman–Crippen LogP) is 2.81. The second-order valence-electron chi connectivity index (χ2n) is 6.08. The third-order valence-electron chi connectivity index (χ3n) is 4.27. The fourth-order valence-electron chi connectivity index (χ4n) is 2.87. The number of thioether (sulfide) groups is 1. The minimum atomic E-state index is -0.327. The van der Waals surface area contributed by atoms with Gasteiger partial charge in [-0.25, -0.2) is 19.3 Å². The molecule has 0 bridgehead atoms. The number of carbonyl (C=O) groups is 1. The molecule has 138 valence electrons. The van der Waals surface area contributed by atoms with E-state index in [2.05, 4.69) is 30.2 Å². The first-order chi connectivity index (χ1) is 13.1. The fourth-order valence-corrected chi connectivity index (χ4v) is 3.78. The highest BCUT2D eigenvalue weighted by Crippen LogP contribution is 2.26. The van der Waals surface area contributed by atoms with E-state index in [0.29, 0.717) is 23.6 Å². The molecule has 3 aromatic heterocycles. The second kappa shape index (κ2) is 7.36. The Morgan fingerprint density at radius 2 is 2.19 bits per heavy atom. The molecule has 4 aromatic rings. The number of hydrogen-bond acceptors (Lipinski definition) is 5. The summed E-state index contributed by atoms with van der Waals surface area (Å²) in [4.78, 5) is 30.9. The van der Waals surface area contributed by atoms with Crippen LogP contribution in [0.4, 0.5) is 4.39 Å². The Kier molecular flexibility index (Phi) is 4.76. The average molecular weight is 384 g/mol. The lowest BCUT2D eigenvalue weighted by Crippen LogP contribution is -2.32. The molecule has 0 radical (unpaired) electrons. The van der Waals surface area contributed by atoms with Gasteiger partial charge in [-0.05, 0) is 37.1 Å². The molecule has 1 atom stereocenters. The second-order valence-corrected chi connectivity index (χ2v) is 7.41. The van der Waals surface area contributed by atoms with Crippen molar-refractivity contribution in [3.8, 4) is 0 Å². The smallest absolute Gasteiger partial charge is 0.233 e. The van der Waals surface area contributed by atoms with E-state index in [-0.39, 0.29) is 17.0 Å². The van der Waals surface area contributed by atoms with Crippen molar-refractivity contribution in [3.63, 3.8) is 0 Å².